The summed E-state index contributed by atoms with van der Waals surface area (Å²) in [4.78, 5) is 34.2. The van der Waals surface area contributed by atoms with Gasteiger partial charge in [-0.05, 0) is 49.6 Å². The van der Waals surface area contributed by atoms with Crippen molar-refractivity contribution in [2.24, 2.45) is 0 Å². The zero-order chi connectivity index (χ0) is 22.8. The number of ether oxygens (including phenoxy) is 1. The molecule has 0 saturated carbocycles. The van der Waals surface area contributed by atoms with Gasteiger partial charge in [0.05, 0.1) is 28.7 Å². The average molecular weight is 451 g/mol. The molecule has 4 rings (SSSR count). The molecule has 0 aliphatic rings. The van der Waals surface area contributed by atoms with Crippen LogP contribution in [0, 0.1) is 0 Å². The number of methoxy groups -OCH3 is 1. The molecule has 0 bridgehead atoms. The Balaban J connectivity index is 1.71. The molecular weight excluding hydrogens is 428 g/mol. The zero-order valence-electron chi connectivity index (χ0n) is 17.7. The van der Waals surface area contributed by atoms with Crippen LogP contribution < -0.4 is 21.1 Å². The van der Waals surface area contributed by atoms with Gasteiger partial charge in [0.2, 0.25) is 0 Å². The molecule has 2 amide bonds. The first-order valence-electron chi connectivity index (χ1n) is 9.84. The molecule has 1 aromatic carbocycles. The molecular formula is C22H22N6O3S. The number of anilines is 3. The van der Waals surface area contributed by atoms with Crippen molar-refractivity contribution in [2.75, 3.05) is 23.5 Å². The van der Waals surface area contributed by atoms with E-state index in [4.69, 9.17) is 10.5 Å². The third-order valence-electron chi connectivity index (χ3n) is 4.91. The highest BCUT2D eigenvalue weighted by Crippen LogP contribution is 2.31. The lowest BCUT2D eigenvalue weighted by atomic mass is 10.0. The summed E-state index contributed by atoms with van der Waals surface area (Å²) < 4.78 is 7.24. The first-order valence-corrected chi connectivity index (χ1v) is 10.7. The lowest BCUT2D eigenvalue weighted by molar-refractivity contribution is 0.104. The van der Waals surface area contributed by atoms with Crippen LogP contribution in [-0.4, -0.2) is 33.5 Å². The maximum absolute atomic E-state index is 13.5. The smallest absolute Gasteiger partial charge is 0.324 e. The number of nitrogen functional groups attached to an aromatic ring is 1. The van der Waals surface area contributed by atoms with Crippen LogP contribution in [0.2, 0.25) is 0 Å². The van der Waals surface area contributed by atoms with Crippen molar-refractivity contribution in [1.82, 2.24) is 14.5 Å². The van der Waals surface area contributed by atoms with Crippen molar-refractivity contribution in [3.8, 4) is 5.75 Å². The molecule has 0 saturated heterocycles. The molecule has 0 spiro atoms. The summed E-state index contributed by atoms with van der Waals surface area (Å²) in [6.45, 7) is 3.99. The van der Waals surface area contributed by atoms with E-state index >= 15 is 0 Å². The summed E-state index contributed by atoms with van der Waals surface area (Å²) in [5, 5.41) is 8.55. The highest BCUT2D eigenvalue weighted by atomic mass is 32.1. The maximum Gasteiger partial charge on any atom is 0.324 e. The predicted octanol–water partition coefficient (Wildman–Crippen LogP) is 4.54. The van der Waals surface area contributed by atoms with Crippen LogP contribution in [0.1, 0.15) is 35.8 Å². The Kier molecular flexibility index (Phi) is 5.78. The maximum atomic E-state index is 13.5. The van der Waals surface area contributed by atoms with E-state index in [2.05, 4.69) is 20.6 Å². The van der Waals surface area contributed by atoms with Crippen molar-refractivity contribution >= 4 is 50.7 Å². The summed E-state index contributed by atoms with van der Waals surface area (Å²) in [6.07, 6.45) is 3.12. The first kappa shape index (κ1) is 21.3. The number of benzene rings is 1. The van der Waals surface area contributed by atoms with E-state index in [1.54, 1.807) is 30.5 Å². The second-order valence-electron chi connectivity index (χ2n) is 7.30. The number of hydrogen-bond acceptors (Lipinski definition) is 7. The number of carbonyl (C=O) groups excluding carboxylic acids is 2. The van der Waals surface area contributed by atoms with Gasteiger partial charge in [0.15, 0.2) is 5.78 Å². The fourth-order valence-electron chi connectivity index (χ4n) is 3.39. The number of carbonyl (C=O) groups is 2. The van der Waals surface area contributed by atoms with Crippen LogP contribution >= 0.6 is 11.3 Å². The van der Waals surface area contributed by atoms with Gasteiger partial charge >= 0.3 is 6.03 Å². The largest absolute Gasteiger partial charge is 0.495 e. The van der Waals surface area contributed by atoms with Crippen molar-refractivity contribution in [1.29, 1.82) is 0 Å². The van der Waals surface area contributed by atoms with Crippen molar-refractivity contribution in [2.45, 2.75) is 19.9 Å². The Morgan fingerprint density at radius 2 is 2.00 bits per heavy atom. The van der Waals surface area contributed by atoms with E-state index in [9.17, 15) is 9.59 Å². The number of nitrogens with one attached hydrogen (secondary N) is 2. The minimum atomic E-state index is -0.440. The van der Waals surface area contributed by atoms with E-state index in [0.717, 1.165) is 0 Å². The van der Waals surface area contributed by atoms with Gasteiger partial charge in [0.1, 0.15) is 23.5 Å². The fraction of sp³-hybridized carbons (Fsp3) is 0.182. The minimum Gasteiger partial charge on any atom is -0.495 e. The number of fused-ring (bicyclic) bond motifs is 1. The molecule has 4 aromatic rings. The first-order chi connectivity index (χ1) is 15.4. The summed E-state index contributed by atoms with van der Waals surface area (Å²) in [5.74, 6) is 0.399. The quantitative estimate of drug-likeness (QED) is 0.371. The van der Waals surface area contributed by atoms with Crippen LogP contribution in [-0.2, 0) is 0 Å². The molecule has 0 atom stereocenters. The van der Waals surface area contributed by atoms with E-state index in [1.165, 1.54) is 24.8 Å². The summed E-state index contributed by atoms with van der Waals surface area (Å²) in [6, 6.07) is 8.11. The van der Waals surface area contributed by atoms with Gasteiger partial charge in [-0.1, -0.05) is 0 Å². The van der Waals surface area contributed by atoms with Crippen LogP contribution in [0.15, 0.2) is 48.2 Å². The molecule has 3 heterocycles. The van der Waals surface area contributed by atoms with Gasteiger partial charge < -0.3 is 20.4 Å². The topological polar surface area (TPSA) is 124 Å². The van der Waals surface area contributed by atoms with E-state index in [1.807, 2.05) is 29.9 Å². The van der Waals surface area contributed by atoms with E-state index < -0.39 is 6.03 Å². The minimum absolute atomic E-state index is 0.0717. The number of ketones is 1. The summed E-state index contributed by atoms with van der Waals surface area (Å²) in [5.41, 5.74) is 7.81. The molecule has 9 nitrogen and oxygen atoms in total. The number of nitrogens with two attached hydrogens (primary N) is 1. The second kappa shape index (κ2) is 8.67. The molecule has 32 heavy (non-hydrogen) atoms. The molecule has 0 radical (unpaired) electrons. The van der Waals surface area contributed by atoms with Gasteiger partial charge in [-0.3, -0.25) is 10.1 Å². The van der Waals surface area contributed by atoms with Gasteiger partial charge in [0, 0.05) is 17.8 Å². The van der Waals surface area contributed by atoms with Crippen LogP contribution in [0.25, 0.3) is 11.0 Å². The second-order valence-corrected chi connectivity index (χ2v) is 8.25. The zero-order valence-corrected chi connectivity index (χ0v) is 18.6. The van der Waals surface area contributed by atoms with Gasteiger partial charge in [0.25, 0.3) is 0 Å². The van der Waals surface area contributed by atoms with Crippen molar-refractivity contribution < 1.29 is 14.3 Å². The summed E-state index contributed by atoms with van der Waals surface area (Å²) in [7, 11) is 1.49. The molecule has 3 aromatic heterocycles. The van der Waals surface area contributed by atoms with Crippen LogP contribution in [0.5, 0.6) is 5.75 Å². The molecule has 0 fully saturated rings. The Morgan fingerprint density at radius 1 is 1.19 bits per heavy atom. The van der Waals surface area contributed by atoms with Crippen LogP contribution in [0.3, 0.4) is 0 Å². The molecule has 10 heteroatoms. The number of urea groups is 1. The molecule has 4 N–H and O–H groups in total. The van der Waals surface area contributed by atoms with Gasteiger partial charge in [-0.15, -0.1) is 11.3 Å². The average Bonchev–Trinajstić information content (AvgIpc) is 3.41. The van der Waals surface area contributed by atoms with E-state index in [0.29, 0.717) is 38.6 Å². The predicted molar refractivity (Wildman–Crippen MR) is 126 cm³/mol. The lowest BCUT2D eigenvalue weighted by Crippen LogP contribution is -2.19. The molecule has 164 valence electrons. The van der Waals surface area contributed by atoms with Gasteiger partial charge in [-0.25, -0.2) is 14.8 Å². The molecule has 0 unspecified atom stereocenters. The normalized spacial score (nSPS) is 11.0. The third kappa shape index (κ3) is 4.00. The standard InChI is InChI=1S/C22H22N6O3S/c1-12(2)28-10-14(18-20(23)24-11-25-21(18)28)19(29)13-6-7-16(31-3)15(9-13)26-22(30)27-17-5-4-8-32-17/h4-12H,1-3H3,(H2,23,24,25)(H2,26,27,30). The molecule has 0 aliphatic carbocycles. The number of rotatable bonds is 6. The Morgan fingerprint density at radius 3 is 2.69 bits per heavy atom. The number of amides is 2. The SMILES string of the molecule is COc1ccc(C(=O)c2cn(C(C)C)c3ncnc(N)c23)cc1NC(=O)Nc1cccs1. The fourth-order valence-corrected chi connectivity index (χ4v) is 4.00. The van der Waals surface area contributed by atoms with E-state index in [-0.39, 0.29) is 17.6 Å². The highest BCUT2D eigenvalue weighted by molar-refractivity contribution is 7.14. The number of nitrogens with zero attached hydrogens (tertiary/aromatic N) is 3. The third-order valence-corrected chi connectivity index (χ3v) is 5.69. The number of hydrogen-bond donors (Lipinski definition) is 3. The molecule has 0 aliphatic heterocycles. The van der Waals surface area contributed by atoms with Gasteiger partial charge in [-0.2, -0.15) is 0 Å². The summed E-state index contributed by atoms with van der Waals surface area (Å²) >= 11 is 1.40. The van der Waals surface area contributed by atoms with Crippen molar-refractivity contribution in [3.05, 3.63) is 59.4 Å². The Hall–Kier alpha value is -3.92. The number of thiophene rings is 1. The number of aromatic nitrogens is 3. The monoisotopic (exact) mass is 450 g/mol. The highest BCUT2D eigenvalue weighted by Gasteiger charge is 2.22. The Labute approximate surface area is 188 Å². The Bertz CT molecular complexity index is 1300. The van der Waals surface area contributed by atoms with Crippen molar-refractivity contribution in [3.63, 3.8) is 0 Å². The lowest BCUT2D eigenvalue weighted by Gasteiger charge is -2.12. The van der Waals surface area contributed by atoms with Crippen LogP contribution in [0.4, 0.5) is 21.3 Å².